The molecule has 1 aliphatic rings. The highest BCUT2D eigenvalue weighted by Gasteiger charge is 2.48. The molecule has 13 aromatic rings. The van der Waals surface area contributed by atoms with E-state index in [9.17, 15) is 0 Å². The van der Waals surface area contributed by atoms with Crippen molar-refractivity contribution in [2.45, 2.75) is 19.3 Å². The summed E-state index contributed by atoms with van der Waals surface area (Å²) in [6.07, 6.45) is 0. The van der Waals surface area contributed by atoms with E-state index in [0.29, 0.717) is 0 Å². The van der Waals surface area contributed by atoms with Gasteiger partial charge in [-0.15, -0.1) is 0 Å². The van der Waals surface area contributed by atoms with Crippen LogP contribution in [0, 0.1) is 13.8 Å². The van der Waals surface area contributed by atoms with E-state index in [2.05, 4.69) is 266 Å². The largest absolute Gasteiger partial charge is 0.292 e. The molecule has 0 saturated heterocycles. The summed E-state index contributed by atoms with van der Waals surface area (Å²) in [6.45, 7) is 4.36. The topological polar surface area (TPSA) is 35.6 Å². The van der Waals surface area contributed by atoms with Crippen molar-refractivity contribution in [1.29, 1.82) is 0 Å². The van der Waals surface area contributed by atoms with Crippen LogP contribution in [0.1, 0.15) is 33.4 Å². The number of rotatable bonds is 7. The van der Waals surface area contributed by atoms with Gasteiger partial charge in [-0.05, 0) is 112 Å². The van der Waals surface area contributed by atoms with Crippen LogP contribution in [-0.2, 0) is 5.41 Å². The molecular weight excluding hydrogens is 861 g/mol. The number of imidazole rings is 2. The average molecular weight is 907 g/mol. The van der Waals surface area contributed by atoms with Crippen LogP contribution in [0.25, 0.3) is 100 Å². The number of para-hydroxylation sites is 4. The summed E-state index contributed by atoms with van der Waals surface area (Å²) in [4.78, 5) is 10.7. The Morgan fingerprint density at radius 1 is 0.352 bits per heavy atom. The highest BCUT2D eigenvalue weighted by atomic mass is 15.1. The zero-order valence-corrected chi connectivity index (χ0v) is 39.4. The Kier molecular flexibility index (Phi) is 9.21. The molecule has 0 amide bonds. The van der Waals surface area contributed by atoms with E-state index in [1.165, 1.54) is 55.6 Å². The van der Waals surface area contributed by atoms with Crippen LogP contribution in [0.2, 0.25) is 0 Å². The van der Waals surface area contributed by atoms with Gasteiger partial charge in [0.15, 0.2) is 0 Å². The molecule has 0 spiro atoms. The van der Waals surface area contributed by atoms with E-state index >= 15 is 0 Å². The molecule has 11 aromatic carbocycles. The van der Waals surface area contributed by atoms with Crippen molar-refractivity contribution in [1.82, 2.24) is 19.1 Å². The van der Waals surface area contributed by atoms with Gasteiger partial charge in [-0.3, -0.25) is 9.13 Å². The molecular formula is C67H46N4. The lowest BCUT2D eigenvalue weighted by atomic mass is 9.65. The molecule has 2 heterocycles. The highest BCUT2D eigenvalue weighted by Crippen LogP contribution is 2.60. The van der Waals surface area contributed by atoms with Crippen LogP contribution in [-0.4, -0.2) is 19.1 Å². The summed E-state index contributed by atoms with van der Waals surface area (Å²) >= 11 is 0. The molecule has 1 aliphatic carbocycles. The van der Waals surface area contributed by atoms with Gasteiger partial charge in [-0.2, -0.15) is 0 Å². The Balaban J connectivity index is 1.18. The number of fused-ring (bicyclic) bond motifs is 7. The van der Waals surface area contributed by atoms with Crippen LogP contribution >= 0.6 is 0 Å². The maximum atomic E-state index is 5.37. The van der Waals surface area contributed by atoms with Gasteiger partial charge in [0, 0.05) is 21.9 Å². The van der Waals surface area contributed by atoms with Crippen molar-refractivity contribution in [3.63, 3.8) is 0 Å². The zero-order valence-electron chi connectivity index (χ0n) is 39.4. The van der Waals surface area contributed by atoms with Crippen molar-refractivity contribution in [2.24, 2.45) is 0 Å². The van der Waals surface area contributed by atoms with Crippen LogP contribution in [0.15, 0.2) is 243 Å². The number of aromatic nitrogens is 4. The second kappa shape index (κ2) is 16.0. The van der Waals surface area contributed by atoms with Gasteiger partial charge in [0.25, 0.3) is 0 Å². The molecule has 0 N–H and O–H groups in total. The zero-order chi connectivity index (χ0) is 47.2. The Bertz CT molecular complexity index is 4000. The number of hydrogen-bond acceptors (Lipinski definition) is 2. The van der Waals surface area contributed by atoms with E-state index < -0.39 is 5.41 Å². The van der Waals surface area contributed by atoms with E-state index in [1.807, 2.05) is 0 Å². The lowest BCUT2D eigenvalue weighted by Gasteiger charge is -2.36. The third kappa shape index (κ3) is 6.11. The van der Waals surface area contributed by atoms with Gasteiger partial charge in [0.05, 0.1) is 38.9 Å². The number of benzene rings is 11. The van der Waals surface area contributed by atoms with E-state index in [4.69, 9.17) is 9.97 Å². The van der Waals surface area contributed by atoms with Gasteiger partial charge in [0.1, 0.15) is 11.6 Å². The summed E-state index contributed by atoms with van der Waals surface area (Å²) < 4.78 is 4.75. The molecule has 0 aliphatic heterocycles. The van der Waals surface area contributed by atoms with Crippen molar-refractivity contribution < 1.29 is 0 Å². The normalized spacial score (nSPS) is 12.8. The van der Waals surface area contributed by atoms with Crippen LogP contribution in [0.4, 0.5) is 0 Å². The molecule has 0 unspecified atom stereocenters. The number of hydrogen-bond donors (Lipinski definition) is 0. The second-order valence-electron chi connectivity index (χ2n) is 19.0. The monoisotopic (exact) mass is 906 g/mol. The lowest BCUT2D eigenvalue weighted by molar-refractivity contribution is 0.769. The molecule has 2 aromatic heterocycles. The lowest BCUT2D eigenvalue weighted by Crippen LogP contribution is -2.29. The third-order valence-electron chi connectivity index (χ3n) is 15.0. The summed E-state index contributed by atoms with van der Waals surface area (Å²) in [5, 5.41) is 4.57. The molecule has 0 saturated carbocycles. The Morgan fingerprint density at radius 3 is 1.32 bits per heavy atom. The van der Waals surface area contributed by atoms with Crippen LogP contribution in [0.3, 0.4) is 0 Å². The molecule has 14 rings (SSSR count). The standard InChI is InChI=1S/C67H46N4/c1-43-34-38-47(39-35-43)67(48-40-36-44(2)37-41-48)56-27-10-9-22-49(56)52-25-15-26-53(64(52)67)63-50-23-16-32-59(70-61-30-13-11-28-57(61)68-65(70)45-18-5-3-6-19-45)54(50)42-55-51(63)24-17-33-60(55)71-62-31-14-12-29-58(62)69-66(71)46-20-7-4-8-21-46/h3-42H,1-2H3. The number of aryl methyl sites for hydroxylation is 2. The fourth-order valence-electron chi connectivity index (χ4n) is 11.9. The molecule has 0 radical (unpaired) electrons. The third-order valence-corrected chi connectivity index (χ3v) is 15.0. The maximum absolute atomic E-state index is 5.37. The van der Waals surface area contributed by atoms with Crippen molar-refractivity contribution in [2.75, 3.05) is 0 Å². The maximum Gasteiger partial charge on any atom is 0.145 e. The summed E-state index contributed by atoms with van der Waals surface area (Å²) in [5.74, 6) is 1.80. The molecule has 0 fully saturated rings. The minimum atomic E-state index is -0.643. The van der Waals surface area contributed by atoms with E-state index in [1.54, 1.807) is 0 Å². The Morgan fingerprint density at radius 2 is 0.789 bits per heavy atom. The van der Waals surface area contributed by atoms with Gasteiger partial charge in [-0.1, -0.05) is 211 Å². The molecule has 4 nitrogen and oxygen atoms in total. The van der Waals surface area contributed by atoms with Gasteiger partial charge < -0.3 is 0 Å². The van der Waals surface area contributed by atoms with Crippen molar-refractivity contribution in [3.8, 4) is 56.4 Å². The SMILES string of the molecule is Cc1ccc(C2(c3ccc(C)cc3)c3ccccc3-c3cccc(-c4c5cccc(-n6c(-c7ccccc7)nc7ccccc76)c5cc5c(-n6c(-c7ccccc7)nc7ccccc76)cccc45)c32)cc1. The number of nitrogens with zero attached hydrogens (tertiary/aromatic N) is 4. The fourth-order valence-corrected chi connectivity index (χ4v) is 11.9. The molecule has 334 valence electrons. The predicted octanol–water partition coefficient (Wildman–Crippen LogP) is 16.7. The highest BCUT2D eigenvalue weighted by molar-refractivity contribution is 6.18. The van der Waals surface area contributed by atoms with Crippen molar-refractivity contribution in [3.05, 3.63) is 276 Å². The first-order valence-electron chi connectivity index (χ1n) is 24.5. The van der Waals surface area contributed by atoms with Gasteiger partial charge >= 0.3 is 0 Å². The van der Waals surface area contributed by atoms with Crippen molar-refractivity contribution >= 4 is 43.6 Å². The first kappa shape index (κ1) is 40.9. The molecule has 0 bridgehead atoms. The van der Waals surface area contributed by atoms with Crippen LogP contribution in [0.5, 0.6) is 0 Å². The second-order valence-corrected chi connectivity index (χ2v) is 19.0. The predicted molar refractivity (Wildman–Crippen MR) is 294 cm³/mol. The fraction of sp³-hybridized carbons (Fsp3) is 0.0448. The minimum Gasteiger partial charge on any atom is -0.292 e. The average Bonchev–Trinajstić information content (AvgIpc) is 4.11. The van der Waals surface area contributed by atoms with Gasteiger partial charge in [0.2, 0.25) is 0 Å². The summed E-state index contributed by atoms with van der Waals surface area (Å²) in [5.41, 5.74) is 20.0. The van der Waals surface area contributed by atoms with E-state index in [0.717, 1.165) is 77.8 Å². The molecule has 4 heteroatoms. The molecule has 0 atom stereocenters. The molecule has 71 heavy (non-hydrogen) atoms. The Labute approximate surface area is 412 Å². The van der Waals surface area contributed by atoms with Gasteiger partial charge in [-0.25, -0.2) is 9.97 Å². The summed E-state index contributed by atoms with van der Waals surface area (Å²) in [7, 11) is 0. The first-order chi connectivity index (χ1) is 35.1. The Hall–Kier alpha value is -9.12. The van der Waals surface area contributed by atoms with Crippen LogP contribution < -0.4 is 0 Å². The van der Waals surface area contributed by atoms with E-state index in [-0.39, 0.29) is 0 Å². The smallest absolute Gasteiger partial charge is 0.145 e. The minimum absolute atomic E-state index is 0.643. The quantitative estimate of drug-likeness (QED) is 0.149. The summed E-state index contributed by atoms with van der Waals surface area (Å²) in [6, 6.07) is 89.0. The first-order valence-corrected chi connectivity index (χ1v) is 24.5.